The number of hydrogen-bond acceptors (Lipinski definition) is 2. The van der Waals surface area contributed by atoms with Gasteiger partial charge >= 0.3 is 0 Å². The second-order valence-corrected chi connectivity index (χ2v) is 4.51. The predicted octanol–water partition coefficient (Wildman–Crippen LogP) is 3.03. The molecule has 0 saturated heterocycles. The van der Waals surface area contributed by atoms with Crippen molar-refractivity contribution in [2.45, 2.75) is 38.1 Å². The Morgan fingerprint density at radius 3 is 2.69 bits per heavy atom. The van der Waals surface area contributed by atoms with Crippen molar-refractivity contribution in [3.63, 3.8) is 0 Å². The Labute approximate surface area is 100 Å². The Bertz CT molecular complexity index is 364. The number of aromatic nitrogens is 1. The summed E-state index contributed by atoms with van der Waals surface area (Å²) in [6.45, 7) is 0. The van der Waals surface area contributed by atoms with Crippen molar-refractivity contribution in [2.75, 3.05) is 4.90 Å². The fraction of sp³-hybridized carbons (Fsp3) is 0.500. The predicted molar refractivity (Wildman–Crippen MR) is 64.7 cm³/mol. The van der Waals surface area contributed by atoms with Crippen molar-refractivity contribution in [3.05, 3.63) is 23.4 Å². The van der Waals surface area contributed by atoms with E-state index in [0.29, 0.717) is 11.0 Å². The van der Waals surface area contributed by atoms with E-state index >= 15 is 0 Å². The second-order valence-electron chi connectivity index (χ2n) is 4.12. The van der Waals surface area contributed by atoms with Gasteiger partial charge in [-0.25, -0.2) is 4.98 Å². The number of hydrogen-bond donors (Lipinski definition) is 0. The van der Waals surface area contributed by atoms with E-state index in [1.54, 1.807) is 11.0 Å². The Kier molecular flexibility index (Phi) is 3.78. The molecule has 1 saturated carbocycles. The zero-order valence-corrected chi connectivity index (χ0v) is 9.86. The van der Waals surface area contributed by atoms with Gasteiger partial charge in [-0.1, -0.05) is 36.9 Å². The molecule has 2 rings (SSSR count). The number of amides is 1. The lowest BCUT2D eigenvalue weighted by Gasteiger charge is -2.30. The van der Waals surface area contributed by atoms with Crippen LogP contribution in [0.1, 0.15) is 32.1 Å². The van der Waals surface area contributed by atoms with Crippen molar-refractivity contribution in [1.82, 2.24) is 4.98 Å². The lowest BCUT2D eigenvalue weighted by atomic mass is 9.94. The summed E-state index contributed by atoms with van der Waals surface area (Å²) in [5, 5.41) is 0.431. The first kappa shape index (κ1) is 11.4. The van der Waals surface area contributed by atoms with Gasteiger partial charge in [-0.05, 0) is 25.0 Å². The van der Waals surface area contributed by atoms with E-state index in [2.05, 4.69) is 4.98 Å². The van der Waals surface area contributed by atoms with Gasteiger partial charge in [-0.3, -0.25) is 9.69 Å². The quantitative estimate of drug-likeness (QED) is 0.599. The minimum atomic E-state index is 0.289. The first-order valence-electron chi connectivity index (χ1n) is 5.67. The van der Waals surface area contributed by atoms with E-state index in [1.165, 1.54) is 19.3 Å². The lowest BCUT2D eigenvalue weighted by molar-refractivity contribution is -0.108. The van der Waals surface area contributed by atoms with Gasteiger partial charge in [0.05, 0.1) is 0 Å². The summed E-state index contributed by atoms with van der Waals surface area (Å²) in [6.07, 6.45) is 6.64. The van der Waals surface area contributed by atoms with Gasteiger partial charge in [0.25, 0.3) is 0 Å². The highest BCUT2D eigenvalue weighted by atomic mass is 35.5. The molecule has 0 N–H and O–H groups in total. The van der Waals surface area contributed by atoms with E-state index in [4.69, 9.17) is 11.6 Å². The van der Waals surface area contributed by atoms with E-state index in [-0.39, 0.29) is 6.04 Å². The van der Waals surface area contributed by atoms with Crippen LogP contribution < -0.4 is 4.90 Å². The van der Waals surface area contributed by atoms with Crippen molar-refractivity contribution >= 4 is 23.8 Å². The van der Waals surface area contributed by atoms with Gasteiger partial charge < -0.3 is 0 Å². The third kappa shape index (κ3) is 2.53. The largest absolute Gasteiger partial charge is 0.296 e. The molecule has 1 aliphatic rings. The van der Waals surface area contributed by atoms with Gasteiger partial charge in [0.15, 0.2) is 0 Å². The third-order valence-electron chi connectivity index (χ3n) is 3.05. The Balaban J connectivity index is 2.17. The minimum Gasteiger partial charge on any atom is -0.296 e. The van der Waals surface area contributed by atoms with Crippen molar-refractivity contribution in [2.24, 2.45) is 0 Å². The number of anilines is 1. The van der Waals surface area contributed by atoms with Crippen LogP contribution in [-0.2, 0) is 4.79 Å². The van der Waals surface area contributed by atoms with Gasteiger partial charge in [-0.2, -0.15) is 0 Å². The van der Waals surface area contributed by atoms with Crippen LogP contribution in [0.2, 0.25) is 5.15 Å². The van der Waals surface area contributed by atoms with Gasteiger partial charge in [0.1, 0.15) is 11.0 Å². The summed E-state index contributed by atoms with van der Waals surface area (Å²) >= 11 is 5.83. The van der Waals surface area contributed by atoms with Crippen molar-refractivity contribution in [1.29, 1.82) is 0 Å². The summed E-state index contributed by atoms with van der Waals surface area (Å²) in [5.41, 5.74) is 0. The number of carbonyl (C=O) groups excluding carboxylic acids is 1. The molecule has 4 heteroatoms. The average Bonchev–Trinajstić information content (AvgIpc) is 2.31. The zero-order chi connectivity index (χ0) is 11.4. The zero-order valence-electron chi connectivity index (χ0n) is 9.10. The van der Waals surface area contributed by atoms with Crippen LogP contribution in [0.15, 0.2) is 18.2 Å². The molecule has 0 atom stereocenters. The molecule has 0 radical (unpaired) electrons. The van der Waals surface area contributed by atoms with E-state index in [1.807, 2.05) is 12.1 Å². The molecule has 86 valence electrons. The molecule has 3 nitrogen and oxygen atoms in total. The molecule has 0 bridgehead atoms. The molecule has 1 aromatic heterocycles. The number of halogens is 1. The molecule has 1 fully saturated rings. The SMILES string of the molecule is O=CN(c1cccc(Cl)n1)C1CCCCC1. The van der Waals surface area contributed by atoms with Gasteiger partial charge in [-0.15, -0.1) is 0 Å². The number of rotatable bonds is 3. The summed E-state index contributed by atoms with van der Waals surface area (Å²) in [6, 6.07) is 5.66. The van der Waals surface area contributed by atoms with Crippen LogP contribution in [0.3, 0.4) is 0 Å². The highest BCUT2D eigenvalue weighted by Gasteiger charge is 2.21. The first-order valence-corrected chi connectivity index (χ1v) is 6.05. The van der Waals surface area contributed by atoms with Crippen LogP contribution in [0, 0.1) is 0 Å². The molecule has 0 aliphatic heterocycles. The summed E-state index contributed by atoms with van der Waals surface area (Å²) in [4.78, 5) is 17.1. The molecular weight excluding hydrogens is 224 g/mol. The van der Waals surface area contributed by atoms with Crippen LogP contribution in [0.4, 0.5) is 5.82 Å². The third-order valence-corrected chi connectivity index (χ3v) is 3.26. The highest BCUT2D eigenvalue weighted by Crippen LogP contribution is 2.25. The number of nitrogens with zero attached hydrogens (tertiary/aromatic N) is 2. The maximum Gasteiger partial charge on any atom is 0.215 e. The summed E-state index contributed by atoms with van der Waals surface area (Å²) < 4.78 is 0. The fourth-order valence-electron chi connectivity index (χ4n) is 2.23. The topological polar surface area (TPSA) is 33.2 Å². The van der Waals surface area contributed by atoms with E-state index < -0.39 is 0 Å². The van der Waals surface area contributed by atoms with Crippen LogP contribution in [-0.4, -0.2) is 17.4 Å². The average molecular weight is 239 g/mol. The molecule has 16 heavy (non-hydrogen) atoms. The summed E-state index contributed by atoms with van der Waals surface area (Å²) in [5.74, 6) is 0.661. The second kappa shape index (κ2) is 5.30. The number of pyridine rings is 1. The van der Waals surface area contributed by atoms with E-state index in [0.717, 1.165) is 19.3 Å². The maximum absolute atomic E-state index is 11.2. The lowest BCUT2D eigenvalue weighted by Crippen LogP contribution is -2.36. The molecule has 0 spiro atoms. The molecular formula is C12H15ClN2O. The summed E-state index contributed by atoms with van der Waals surface area (Å²) in [7, 11) is 0. The Morgan fingerprint density at radius 1 is 1.31 bits per heavy atom. The van der Waals surface area contributed by atoms with Crippen LogP contribution in [0.5, 0.6) is 0 Å². The Morgan fingerprint density at radius 2 is 2.06 bits per heavy atom. The molecule has 1 heterocycles. The molecule has 1 aliphatic carbocycles. The smallest absolute Gasteiger partial charge is 0.215 e. The van der Waals surface area contributed by atoms with Gasteiger partial charge in [0, 0.05) is 6.04 Å². The Hall–Kier alpha value is -1.09. The minimum absolute atomic E-state index is 0.289. The normalized spacial score (nSPS) is 17.1. The van der Waals surface area contributed by atoms with Crippen molar-refractivity contribution in [3.8, 4) is 0 Å². The number of carbonyl (C=O) groups is 1. The van der Waals surface area contributed by atoms with E-state index in [9.17, 15) is 4.79 Å². The van der Waals surface area contributed by atoms with Crippen LogP contribution >= 0.6 is 11.6 Å². The monoisotopic (exact) mass is 238 g/mol. The van der Waals surface area contributed by atoms with Gasteiger partial charge in [0.2, 0.25) is 6.41 Å². The molecule has 1 aromatic rings. The van der Waals surface area contributed by atoms with Crippen molar-refractivity contribution < 1.29 is 4.79 Å². The standard InChI is InChI=1S/C12H15ClN2O/c13-11-7-4-8-12(14-11)15(9-16)10-5-2-1-3-6-10/h4,7-10H,1-3,5-6H2. The molecule has 0 unspecified atom stereocenters. The molecule has 1 amide bonds. The molecule has 0 aromatic carbocycles. The maximum atomic E-state index is 11.2. The first-order chi connectivity index (χ1) is 7.81. The van der Waals surface area contributed by atoms with Crippen LogP contribution in [0.25, 0.3) is 0 Å². The highest BCUT2D eigenvalue weighted by molar-refractivity contribution is 6.29. The fourth-order valence-corrected chi connectivity index (χ4v) is 2.39.